The van der Waals surface area contributed by atoms with Gasteiger partial charge in [-0.3, -0.25) is 4.79 Å². The van der Waals surface area contributed by atoms with Crippen molar-refractivity contribution in [3.05, 3.63) is 59.2 Å². The van der Waals surface area contributed by atoms with Crippen molar-refractivity contribution in [2.24, 2.45) is 0 Å². The van der Waals surface area contributed by atoms with E-state index in [0.717, 1.165) is 16.0 Å². The largest absolute Gasteiger partial charge is 0.334 e. The molecule has 0 N–H and O–H groups in total. The molecule has 0 saturated heterocycles. The van der Waals surface area contributed by atoms with Crippen LogP contribution in [0, 0.1) is 5.82 Å². The molecule has 1 heterocycles. The lowest BCUT2D eigenvalue weighted by Gasteiger charge is -2.19. The highest BCUT2D eigenvalue weighted by molar-refractivity contribution is 7.17. The van der Waals surface area contributed by atoms with Gasteiger partial charge in [-0.05, 0) is 43.7 Å². The first-order chi connectivity index (χ1) is 10.0. The van der Waals surface area contributed by atoms with E-state index in [9.17, 15) is 9.18 Å². The molecule has 2 rings (SSSR count). The molecule has 4 heteroatoms. The molecule has 0 radical (unpaired) electrons. The maximum atomic E-state index is 12.9. The van der Waals surface area contributed by atoms with E-state index in [1.165, 1.54) is 23.5 Å². The molecule has 1 amide bonds. The summed E-state index contributed by atoms with van der Waals surface area (Å²) in [7, 11) is 0. The van der Waals surface area contributed by atoms with Crippen molar-refractivity contribution in [2.45, 2.75) is 13.8 Å². The lowest BCUT2D eigenvalue weighted by Crippen LogP contribution is -2.31. The summed E-state index contributed by atoms with van der Waals surface area (Å²) in [5, 5.41) is 0. The van der Waals surface area contributed by atoms with Gasteiger partial charge in [-0.1, -0.05) is 24.3 Å². The summed E-state index contributed by atoms with van der Waals surface area (Å²) in [6, 6.07) is 10.0. The SMILES string of the molecule is C=C(C)CN(CC)C(=O)c1ccc(-c2ccc(F)cc2)s1. The predicted molar refractivity (Wildman–Crippen MR) is 86.1 cm³/mol. The summed E-state index contributed by atoms with van der Waals surface area (Å²) in [5.74, 6) is -0.246. The minimum Gasteiger partial charge on any atom is -0.334 e. The molecule has 0 bridgehead atoms. The second-order valence-electron chi connectivity index (χ2n) is 4.95. The van der Waals surface area contributed by atoms with E-state index in [1.807, 2.05) is 26.0 Å². The van der Waals surface area contributed by atoms with E-state index in [2.05, 4.69) is 6.58 Å². The number of likely N-dealkylation sites (N-methyl/N-ethyl adjacent to an activating group) is 1. The molecular weight excluding hydrogens is 285 g/mol. The lowest BCUT2D eigenvalue weighted by molar-refractivity contribution is 0.0783. The summed E-state index contributed by atoms with van der Waals surface area (Å²) in [6.45, 7) is 8.94. The molecule has 2 nitrogen and oxygen atoms in total. The van der Waals surface area contributed by atoms with Gasteiger partial charge in [0.05, 0.1) is 4.88 Å². The van der Waals surface area contributed by atoms with Crippen LogP contribution in [-0.4, -0.2) is 23.9 Å². The Hall–Kier alpha value is -1.94. The zero-order valence-corrected chi connectivity index (χ0v) is 13.0. The van der Waals surface area contributed by atoms with Crippen molar-refractivity contribution in [1.29, 1.82) is 0 Å². The monoisotopic (exact) mass is 303 g/mol. The van der Waals surface area contributed by atoms with Crippen LogP contribution in [0.15, 0.2) is 48.6 Å². The molecule has 0 aliphatic carbocycles. The van der Waals surface area contributed by atoms with E-state index < -0.39 is 0 Å². The Morgan fingerprint density at radius 1 is 1.24 bits per heavy atom. The van der Waals surface area contributed by atoms with Crippen LogP contribution in [0.4, 0.5) is 4.39 Å². The van der Waals surface area contributed by atoms with Crippen LogP contribution in [0.3, 0.4) is 0 Å². The number of carbonyl (C=O) groups excluding carboxylic acids is 1. The standard InChI is InChI=1S/C17H18FNOS/c1-4-19(11-12(2)3)17(20)16-10-9-15(21-16)13-5-7-14(18)8-6-13/h5-10H,2,4,11H2,1,3H3. The first-order valence-corrected chi connectivity index (χ1v) is 7.62. The van der Waals surface area contributed by atoms with Gasteiger partial charge in [0.25, 0.3) is 5.91 Å². The van der Waals surface area contributed by atoms with Gasteiger partial charge in [-0.2, -0.15) is 0 Å². The van der Waals surface area contributed by atoms with Gasteiger partial charge < -0.3 is 4.90 Å². The van der Waals surface area contributed by atoms with Crippen LogP contribution in [0.1, 0.15) is 23.5 Å². The summed E-state index contributed by atoms with van der Waals surface area (Å²) >= 11 is 1.43. The number of halogens is 1. The maximum Gasteiger partial charge on any atom is 0.264 e. The minimum absolute atomic E-state index is 0.0128. The summed E-state index contributed by atoms with van der Waals surface area (Å²) in [6.07, 6.45) is 0. The molecule has 0 unspecified atom stereocenters. The second kappa shape index (κ2) is 6.68. The molecule has 0 fully saturated rings. The molecular formula is C17H18FNOS. The minimum atomic E-state index is -0.259. The van der Waals surface area contributed by atoms with E-state index in [-0.39, 0.29) is 11.7 Å². The molecule has 21 heavy (non-hydrogen) atoms. The Morgan fingerprint density at radius 3 is 2.48 bits per heavy atom. The number of hydrogen-bond acceptors (Lipinski definition) is 2. The van der Waals surface area contributed by atoms with Crippen LogP contribution in [0.25, 0.3) is 10.4 Å². The first kappa shape index (κ1) is 15.4. The summed E-state index contributed by atoms with van der Waals surface area (Å²) < 4.78 is 12.9. The van der Waals surface area contributed by atoms with Crippen molar-refractivity contribution < 1.29 is 9.18 Å². The van der Waals surface area contributed by atoms with Crippen molar-refractivity contribution in [3.63, 3.8) is 0 Å². The molecule has 0 saturated carbocycles. The van der Waals surface area contributed by atoms with Gasteiger partial charge in [-0.15, -0.1) is 11.3 Å². The summed E-state index contributed by atoms with van der Waals surface area (Å²) in [4.78, 5) is 15.9. The second-order valence-corrected chi connectivity index (χ2v) is 6.03. The number of rotatable bonds is 5. The van der Waals surface area contributed by atoms with Gasteiger partial charge in [0.15, 0.2) is 0 Å². The van der Waals surface area contributed by atoms with Gasteiger partial charge in [0.2, 0.25) is 0 Å². The average Bonchev–Trinajstić information content (AvgIpc) is 2.94. The van der Waals surface area contributed by atoms with E-state index >= 15 is 0 Å². The van der Waals surface area contributed by atoms with Crippen molar-refractivity contribution in [1.82, 2.24) is 4.90 Å². The highest BCUT2D eigenvalue weighted by atomic mass is 32.1. The van der Waals surface area contributed by atoms with E-state index in [1.54, 1.807) is 17.0 Å². The fourth-order valence-electron chi connectivity index (χ4n) is 2.03. The quantitative estimate of drug-likeness (QED) is 0.740. The highest BCUT2D eigenvalue weighted by Gasteiger charge is 2.16. The fourth-order valence-corrected chi connectivity index (χ4v) is 3.01. The van der Waals surface area contributed by atoms with E-state index in [0.29, 0.717) is 18.0 Å². The average molecular weight is 303 g/mol. The van der Waals surface area contributed by atoms with Crippen LogP contribution in [0.5, 0.6) is 0 Å². The smallest absolute Gasteiger partial charge is 0.264 e. The highest BCUT2D eigenvalue weighted by Crippen LogP contribution is 2.29. The maximum absolute atomic E-state index is 12.9. The molecule has 0 aliphatic heterocycles. The molecule has 0 atom stereocenters. The molecule has 110 valence electrons. The normalized spacial score (nSPS) is 10.4. The van der Waals surface area contributed by atoms with Crippen molar-refractivity contribution >= 4 is 17.2 Å². The third-order valence-corrected chi connectivity index (χ3v) is 4.20. The Labute approximate surface area is 128 Å². The number of nitrogens with zero attached hydrogens (tertiary/aromatic N) is 1. The lowest BCUT2D eigenvalue weighted by atomic mass is 10.2. The third kappa shape index (κ3) is 3.79. The van der Waals surface area contributed by atoms with Crippen molar-refractivity contribution in [2.75, 3.05) is 13.1 Å². The van der Waals surface area contributed by atoms with Crippen LogP contribution in [0.2, 0.25) is 0 Å². The molecule has 0 spiro atoms. The van der Waals surface area contributed by atoms with Crippen molar-refractivity contribution in [3.8, 4) is 10.4 Å². The number of hydrogen-bond donors (Lipinski definition) is 0. The summed E-state index contributed by atoms with van der Waals surface area (Å²) in [5.41, 5.74) is 1.88. The number of carbonyl (C=O) groups is 1. The first-order valence-electron chi connectivity index (χ1n) is 6.80. The van der Waals surface area contributed by atoms with Crippen LogP contribution >= 0.6 is 11.3 Å². The van der Waals surface area contributed by atoms with Crippen LogP contribution in [-0.2, 0) is 0 Å². The molecule has 1 aromatic carbocycles. The number of benzene rings is 1. The third-order valence-electron chi connectivity index (χ3n) is 3.08. The fraction of sp³-hybridized carbons (Fsp3) is 0.235. The Bertz CT molecular complexity index is 645. The van der Waals surface area contributed by atoms with Crippen LogP contribution < -0.4 is 0 Å². The van der Waals surface area contributed by atoms with Gasteiger partial charge in [0.1, 0.15) is 5.82 Å². The molecule has 1 aromatic heterocycles. The number of thiophene rings is 1. The molecule has 2 aromatic rings. The Kier molecular flexibility index (Phi) is 4.91. The Balaban J connectivity index is 2.20. The molecule has 0 aliphatic rings. The van der Waals surface area contributed by atoms with Gasteiger partial charge in [0, 0.05) is 18.0 Å². The number of amides is 1. The topological polar surface area (TPSA) is 20.3 Å². The Morgan fingerprint density at radius 2 is 1.90 bits per heavy atom. The van der Waals surface area contributed by atoms with E-state index in [4.69, 9.17) is 0 Å². The zero-order valence-electron chi connectivity index (χ0n) is 12.2. The predicted octanol–water partition coefficient (Wildman–Crippen LogP) is 4.59. The van der Waals surface area contributed by atoms with Gasteiger partial charge >= 0.3 is 0 Å². The van der Waals surface area contributed by atoms with Gasteiger partial charge in [-0.25, -0.2) is 4.39 Å². The zero-order chi connectivity index (χ0) is 15.4.